The van der Waals surface area contributed by atoms with E-state index in [4.69, 9.17) is 19.2 Å². The minimum Gasteiger partial charge on any atom is -0.497 e. The molecule has 0 fully saturated rings. The van der Waals surface area contributed by atoms with Gasteiger partial charge in [0.05, 0.1) is 18.2 Å². The highest BCUT2D eigenvalue weighted by atomic mass is 16.7. The van der Waals surface area contributed by atoms with Crippen molar-refractivity contribution in [3.05, 3.63) is 95.6 Å². The van der Waals surface area contributed by atoms with Crippen LogP contribution in [0, 0.1) is 0 Å². The molecule has 4 rings (SSSR count). The zero-order valence-corrected chi connectivity index (χ0v) is 17.2. The zero-order valence-electron chi connectivity index (χ0n) is 17.2. The Bertz CT molecular complexity index is 1020. The molecule has 3 aromatic carbocycles. The highest BCUT2D eigenvalue weighted by molar-refractivity contribution is 5.99. The van der Waals surface area contributed by atoms with Crippen LogP contribution in [0.1, 0.15) is 37.5 Å². The van der Waals surface area contributed by atoms with E-state index in [1.54, 1.807) is 7.11 Å². The van der Waals surface area contributed by atoms with E-state index in [1.165, 1.54) is 0 Å². The normalized spacial score (nSPS) is 19.5. The monoisotopic (exact) mass is 387 g/mol. The van der Waals surface area contributed by atoms with E-state index in [9.17, 15) is 0 Å². The number of hydrogen-bond acceptors (Lipinski definition) is 4. The summed E-state index contributed by atoms with van der Waals surface area (Å²) in [5.41, 5.74) is 2.45. The molecular formula is C25H25NO3. The van der Waals surface area contributed by atoms with E-state index in [-0.39, 0.29) is 5.54 Å². The molecule has 0 radical (unpaired) electrons. The van der Waals surface area contributed by atoms with Crippen LogP contribution in [-0.4, -0.2) is 18.5 Å². The van der Waals surface area contributed by atoms with Crippen molar-refractivity contribution in [3.8, 4) is 11.5 Å². The second-order valence-corrected chi connectivity index (χ2v) is 8.00. The third kappa shape index (κ3) is 3.70. The minimum absolute atomic E-state index is 0.287. The Balaban J connectivity index is 1.91. The molecule has 1 aliphatic heterocycles. The van der Waals surface area contributed by atoms with Crippen molar-refractivity contribution in [1.82, 2.24) is 0 Å². The number of para-hydroxylation sites is 1. The molecule has 0 bridgehead atoms. The molecule has 0 aliphatic carbocycles. The molecule has 0 spiro atoms. The Morgan fingerprint density at radius 1 is 0.793 bits per heavy atom. The van der Waals surface area contributed by atoms with Crippen molar-refractivity contribution in [2.75, 3.05) is 7.11 Å². The van der Waals surface area contributed by atoms with Crippen LogP contribution in [0.15, 0.2) is 83.9 Å². The van der Waals surface area contributed by atoms with Crippen LogP contribution in [0.4, 0.5) is 0 Å². The maximum atomic E-state index is 6.55. The predicted molar refractivity (Wildman–Crippen MR) is 115 cm³/mol. The molecule has 29 heavy (non-hydrogen) atoms. The first-order chi connectivity index (χ1) is 13.9. The van der Waals surface area contributed by atoms with Gasteiger partial charge in [0.15, 0.2) is 0 Å². The first-order valence-corrected chi connectivity index (χ1v) is 9.69. The molecule has 4 heteroatoms. The molecule has 148 valence electrons. The molecule has 0 saturated carbocycles. The Morgan fingerprint density at radius 2 is 1.45 bits per heavy atom. The Hall–Kier alpha value is -3.27. The molecule has 0 aromatic heterocycles. The second kappa shape index (κ2) is 7.28. The van der Waals surface area contributed by atoms with Gasteiger partial charge in [-0.1, -0.05) is 36.4 Å². The fraction of sp³-hybridized carbons (Fsp3) is 0.240. The quantitative estimate of drug-likeness (QED) is 0.589. The van der Waals surface area contributed by atoms with Crippen molar-refractivity contribution in [1.29, 1.82) is 0 Å². The van der Waals surface area contributed by atoms with Gasteiger partial charge < -0.3 is 14.2 Å². The lowest BCUT2D eigenvalue weighted by Gasteiger charge is -2.31. The molecule has 1 heterocycles. The van der Waals surface area contributed by atoms with Crippen molar-refractivity contribution in [2.45, 2.75) is 32.1 Å². The van der Waals surface area contributed by atoms with Gasteiger partial charge >= 0.3 is 5.79 Å². The van der Waals surface area contributed by atoms with Crippen molar-refractivity contribution in [3.63, 3.8) is 0 Å². The predicted octanol–water partition coefficient (Wildman–Crippen LogP) is 5.55. The SMILES string of the molecule is COc1ccc(C2(Oc3ccccc3)OC(=NC(C)(C)C)c3ccccc32)cc1. The average molecular weight is 387 g/mol. The van der Waals surface area contributed by atoms with E-state index >= 15 is 0 Å². The van der Waals surface area contributed by atoms with E-state index in [2.05, 4.69) is 20.8 Å². The fourth-order valence-corrected chi connectivity index (χ4v) is 3.40. The number of benzene rings is 3. The standard InChI is InChI=1S/C25H25NO3/c1-24(2,3)26-23-21-12-8-9-13-22(21)25(29-23,28-20-10-6-5-7-11-20)18-14-16-19(27-4)17-15-18/h5-17H,1-4H3. The number of hydrogen-bond donors (Lipinski definition) is 0. The summed E-state index contributed by atoms with van der Waals surface area (Å²) in [7, 11) is 1.65. The summed E-state index contributed by atoms with van der Waals surface area (Å²) in [6.45, 7) is 6.16. The molecule has 0 saturated heterocycles. The lowest BCUT2D eigenvalue weighted by atomic mass is 9.95. The van der Waals surface area contributed by atoms with Crippen molar-refractivity contribution >= 4 is 5.90 Å². The van der Waals surface area contributed by atoms with Gasteiger partial charge in [0.25, 0.3) is 0 Å². The van der Waals surface area contributed by atoms with Gasteiger partial charge in [-0.05, 0) is 63.2 Å². The number of nitrogens with zero attached hydrogens (tertiary/aromatic N) is 1. The van der Waals surface area contributed by atoms with Crippen LogP contribution in [0.5, 0.6) is 11.5 Å². The lowest BCUT2D eigenvalue weighted by molar-refractivity contribution is -0.0850. The maximum Gasteiger partial charge on any atom is 0.307 e. The third-order valence-corrected chi connectivity index (χ3v) is 4.66. The molecule has 1 atom stereocenters. The molecular weight excluding hydrogens is 362 g/mol. The summed E-state index contributed by atoms with van der Waals surface area (Å²) < 4.78 is 18.4. The van der Waals surface area contributed by atoms with Gasteiger partial charge in [-0.25, -0.2) is 4.99 Å². The zero-order chi connectivity index (χ0) is 20.5. The summed E-state index contributed by atoms with van der Waals surface area (Å²) >= 11 is 0. The smallest absolute Gasteiger partial charge is 0.307 e. The van der Waals surface area contributed by atoms with Gasteiger partial charge in [0.1, 0.15) is 11.5 Å². The van der Waals surface area contributed by atoms with Crippen LogP contribution < -0.4 is 9.47 Å². The molecule has 0 amide bonds. The van der Waals surface area contributed by atoms with Gasteiger partial charge in [0.2, 0.25) is 5.90 Å². The summed E-state index contributed by atoms with van der Waals surface area (Å²) in [5.74, 6) is 0.947. The third-order valence-electron chi connectivity index (χ3n) is 4.66. The highest BCUT2D eigenvalue weighted by Crippen LogP contribution is 2.44. The van der Waals surface area contributed by atoms with Crippen molar-refractivity contribution in [2.24, 2.45) is 4.99 Å². The second-order valence-electron chi connectivity index (χ2n) is 8.00. The largest absolute Gasteiger partial charge is 0.497 e. The number of methoxy groups -OCH3 is 1. The molecule has 1 aliphatic rings. The summed E-state index contributed by atoms with van der Waals surface area (Å²) in [6.07, 6.45) is 0. The molecule has 0 N–H and O–H groups in total. The summed E-state index contributed by atoms with van der Waals surface area (Å²) in [5, 5.41) is 0. The Morgan fingerprint density at radius 3 is 2.10 bits per heavy atom. The molecule has 4 nitrogen and oxygen atoms in total. The number of aliphatic imine (C=N–C) groups is 1. The Labute approximate surface area is 171 Å². The van der Waals surface area contributed by atoms with Crippen LogP contribution in [-0.2, 0) is 10.5 Å². The fourth-order valence-electron chi connectivity index (χ4n) is 3.40. The number of ether oxygens (including phenoxy) is 3. The van der Waals surface area contributed by atoms with Crippen LogP contribution in [0.25, 0.3) is 0 Å². The maximum absolute atomic E-state index is 6.55. The topological polar surface area (TPSA) is 40.0 Å². The van der Waals surface area contributed by atoms with E-state index in [0.717, 1.165) is 28.2 Å². The highest BCUT2D eigenvalue weighted by Gasteiger charge is 2.49. The van der Waals surface area contributed by atoms with Gasteiger partial charge in [0, 0.05) is 11.1 Å². The average Bonchev–Trinajstić information content (AvgIpc) is 3.02. The first kappa shape index (κ1) is 19.1. The number of fused-ring (bicyclic) bond motifs is 1. The minimum atomic E-state index is -1.13. The van der Waals surface area contributed by atoms with Gasteiger partial charge in [-0.3, -0.25) is 0 Å². The van der Waals surface area contributed by atoms with Crippen LogP contribution in [0.2, 0.25) is 0 Å². The Kier molecular flexibility index (Phi) is 4.79. The summed E-state index contributed by atoms with van der Waals surface area (Å²) in [6, 6.07) is 25.5. The van der Waals surface area contributed by atoms with E-state index in [0.29, 0.717) is 5.90 Å². The molecule has 1 unspecified atom stereocenters. The van der Waals surface area contributed by atoms with Crippen LogP contribution in [0.3, 0.4) is 0 Å². The lowest BCUT2D eigenvalue weighted by Crippen LogP contribution is -2.35. The van der Waals surface area contributed by atoms with Gasteiger partial charge in [-0.2, -0.15) is 0 Å². The molecule has 3 aromatic rings. The first-order valence-electron chi connectivity index (χ1n) is 9.69. The summed E-state index contributed by atoms with van der Waals surface area (Å²) in [4.78, 5) is 4.84. The van der Waals surface area contributed by atoms with E-state index in [1.807, 2.05) is 78.9 Å². The van der Waals surface area contributed by atoms with E-state index < -0.39 is 5.79 Å². The number of rotatable bonds is 4. The van der Waals surface area contributed by atoms with Crippen molar-refractivity contribution < 1.29 is 14.2 Å². The van der Waals surface area contributed by atoms with Crippen LogP contribution >= 0.6 is 0 Å². The van der Waals surface area contributed by atoms with Gasteiger partial charge in [-0.15, -0.1) is 0 Å².